The molecule has 4 heteroatoms. The van der Waals surface area contributed by atoms with Crippen LogP contribution in [0.1, 0.15) is 12.6 Å². The topological polar surface area (TPSA) is 41.0 Å². The lowest BCUT2D eigenvalue weighted by Gasteiger charge is -2.28. The van der Waals surface area contributed by atoms with Crippen LogP contribution in [0.3, 0.4) is 0 Å². The molecule has 0 saturated heterocycles. The molecule has 2 heterocycles. The van der Waals surface area contributed by atoms with Crippen LogP contribution in [0.2, 0.25) is 0 Å². The van der Waals surface area contributed by atoms with Crippen molar-refractivity contribution >= 4 is 11.6 Å². The molecule has 4 nitrogen and oxygen atoms in total. The van der Waals surface area contributed by atoms with Crippen LogP contribution in [0.4, 0.5) is 11.6 Å². The quantitative estimate of drug-likeness (QED) is 0.697. The van der Waals surface area contributed by atoms with Crippen molar-refractivity contribution in [2.24, 2.45) is 0 Å². The van der Waals surface area contributed by atoms with Gasteiger partial charge < -0.3 is 10.2 Å². The molecule has 0 saturated carbocycles. The third kappa shape index (κ3) is 1.43. The Hall–Kier alpha value is -1.32. The van der Waals surface area contributed by atoms with Crippen LogP contribution in [-0.2, 0) is 0 Å². The molecule has 0 bridgehead atoms. The van der Waals surface area contributed by atoms with Crippen molar-refractivity contribution < 1.29 is 0 Å². The van der Waals surface area contributed by atoms with Crippen molar-refractivity contribution in [1.29, 1.82) is 0 Å². The standard InChI is InChI=1S/C9H14N4/c1-3-13-5-4-10-8-9(13)12-7(2)6-11-8/h6H,3-5H2,1-2H3,(H,10,11). The Morgan fingerprint density at radius 1 is 1.62 bits per heavy atom. The molecular formula is C9H14N4. The summed E-state index contributed by atoms with van der Waals surface area (Å²) in [5.41, 5.74) is 0.973. The van der Waals surface area contributed by atoms with Gasteiger partial charge in [0.15, 0.2) is 11.6 Å². The molecule has 1 aliphatic heterocycles. The molecule has 0 fully saturated rings. The van der Waals surface area contributed by atoms with Gasteiger partial charge in [0.1, 0.15) is 0 Å². The van der Waals surface area contributed by atoms with E-state index in [2.05, 4.69) is 27.1 Å². The van der Waals surface area contributed by atoms with Crippen LogP contribution in [0.25, 0.3) is 0 Å². The van der Waals surface area contributed by atoms with Gasteiger partial charge in [0.05, 0.1) is 11.9 Å². The molecule has 0 aromatic carbocycles. The number of anilines is 2. The second-order valence-corrected chi connectivity index (χ2v) is 3.19. The SMILES string of the molecule is CCN1CCNc2ncc(C)nc21. The van der Waals surface area contributed by atoms with Crippen molar-refractivity contribution in [3.8, 4) is 0 Å². The van der Waals surface area contributed by atoms with Crippen LogP contribution in [0.5, 0.6) is 0 Å². The summed E-state index contributed by atoms with van der Waals surface area (Å²) in [6.07, 6.45) is 1.80. The number of rotatable bonds is 1. The average molecular weight is 178 g/mol. The van der Waals surface area contributed by atoms with Crippen molar-refractivity contribution in [2.75, 3.05) is 29.9 Å². The highest BCUT2D eigenvalue weighted by Gasteiger charge is 2.17. The first-order valence-corrected chi connectivity index (χ1v) is 4.63. The summed E-state index contributed by atoms with van der Waals surface area (Å²) in [6.45, 7) is 7.07. The van der Waals surface area contributed by atoms with E-state index in [4.69, 9.17) is 0 Å². The van der Waals surface area contributed by atoms with E-state index in [0.717, 1.165) is 37.0 Å². The number of aromatic nitrogens is 2. The van der Waals surface area contributed by atoms with Gasteiger partial charge in [0, 0.05) is 19.6 Å². The van der Waals surface area contributed by atoms with E-state index in [9.17, 15) is 0 Å². The Balaban J connectivity index is 2.41. The number of fused-ring (bicyclic) bond motifs is 1. The first-order valence-electron chi connectivity index (χ1n) is 4.63. The zero-order chi connectivity index (χ0) is 9.26. The number of hydrogen-bond acceptors (Lipinski definition) is 4. The van der Waals surface area contributed by atoms with Gasteiger partial charge in [-0.2, -0.15) is 0 Å². The first-order chi connectivity index (χ1) is 6.31. The molecule has 1 aliphatic rings. The molecule has 1 aromatic rings. The second-order valence-electron chi connectivity index (χ2n) is 3.19. The van der Waals surface area contributed by atoms with Crippen LogP contribution < -0.4 is 10.2 Å². The van der Waals surface area contributed by atoms with E-state index in [1.807, 2.05) is 6.92 Å². The van der Waals surface area contributed by atoms with Crippen LogP contribution >= 0.6 is 0 Å². The second kappa shape index (κ2) is 3.20. The van der Waals surface area contributed by atoms with Gasteiger partial charge in [0.2, 0.25) is 0 Å². The van der Waals surface area contributed by atoms with Crippen molar-refractivity contribution in [1.82, 2.24) is 9.97 Å². The number of nitrogens with one attached hydrogen (secondary N) is 1. The fourth-order valence-corrected chi connectivity index (χ4v) is 1.53. The highest BCUT2D eigenvalue weighted by Crippen LogP contribution is 2.23. The molecule has 0 radical (unpaired) electrons. The highest BCUT2D eigenvalue weighted by atomic mass is 15.3. The van der Waals surface area contributed by atoms with Crippen molar-refractivity contribution in [3.63, 3.8) is 0 Å². The van der Waals surface area contributed by atoms with Gasteiger partial charge in [-0.3, -0.25) is 0 Å². The molecule has 70 valence electrons. The average Bonchev–Trinajstić information content (AvgIpc) is 2.17. The molecule has 0 amide bonds. The first kappa shape index (κ1) is 8.29. The van der Waals surface area contributed by atoms with E-state index in [-0.39, 0.29) is 0 Å². The van der Waals surface area contributed by atoms with E-state index in [1.165, 1.54) is 0 Å². The van der Waals surface area contributed by atoms with Gasteiger partial charge in [-0.25, -0.2) is 9.97 Å². The largest absolute Gasteiger partial charge is 0.365 e. The van der Waals surface area contributed by atoms with Crippen LogP contribution in [0.15, 0.2) is 6.20 Å². The zero-order valence-corrected chi connectivity index (χ0v) is 8.04. The van der Waals surface area contributed by atoms with Gasteiger partial charge in [-0.1, -0.05) is 0 Å². The normalized spacial score (nSPS) is 15.1. The molecule has 0 aliphatic carbocycles. The van der Waals surface area contributed by atoms with Gasteiger partial charge in [-0.05, 0) is 13.8 Å². The van der Waals surface area contributed by atoms with E-state index < -0.39 is 0 Å². The fourth-order valence-electron chi connectivity index (χ4n) is 1.53. The maximum absolute atomic E-state index is 4.47. The summed E-state index contributed by atoms with van der Waals surface area (Å²) < 4.78 is 0. The molecule has 1 aromatic heterocycles. The number of nitrogens with zero attached hydrogens (tertiary/aromatic N) is 3. The maximum atomic E-state index is 4.47. The molecule has 13 heavy (non-hydrogen) atoms. The Kier molecular flexibility index (Phi) is 2.04. The lowest BCUT2D eigenvalue weighted by atomic mass is 10.3. The van der Waals surface area contributed by atoms with Gasteiger partial charge in [-0.15, -0.1) is 0 Å². The Morgan fingerprint density at radius 2 is 2.46 bits per heavy atom. The minimum atomic E-state index is 0.915. The molecule has 0 spiro atoms. The molecule has 0 unspecified atom stereocenters. The summed E-state index contributed by atoms with van der Waals surface area (Å²) in [5.74, 6) is 1.91. The number of aryl methyl sites for hydroxylation is 1. The lowest BCUT2D eigenvalue weighted by Crippen LogP contribution is -2.35. The third-order valence-corrected chi connectivity index (χ3v) is 2.23. The van der Waals surface area contributed by atoms with E-state index in [1.54, 1.807) is 6.20 Å². The maximum Gasteiger partial charge on any atom is 0.172 e. The smallest absolute Gasteiger partial charge is 0.172 e. The lowest BCUT2D eigenvalue weighted by molar-refractivity contribution is 0.783. The van der Waals surface area contributed by atoms with Crippen molar-refractivity contribution in [2.45, 2.75) is 13.8 Å². The Labute approximate surface area is 78.0 Å². The minimum Gasteiger partial charge on any atom is -0.365 e. The summed E-state index contributed by atoms with van der Waals surface area (Å²) >= 11 is 0. The van der Waals surface area contributed by atoms with Crippen molar-refractivity contribution in [3.05, 3.63) is 11.9 Å². The molecule has 2 rings (SSSR count). The summed E-state index contributed by atoms with van der Waals surface area (Å²) in [4.78, 5) is 11.0. The van der Waals surface area contributed by atoms with E-state index >= 15 is 0 Å². The summed E-state index contributed by atoms with van der Waals surface area (Å²) in [7, 11) is 0. The molecular weight excluding hydrogens is 164 g/mol. The third-order valence-electron chi connectivity index (χ3n) is 2.23. The molecule has 0 atom stereocenters. The summed E-state index contributed by atoms with van der Waals surface area (Å²) in [5, 5.41) is 3.24. The van der Waals surface area contributed by atoms with Crippen LogP contribution in [-0.4, -0.2) is 29.6 Å². The number of hydrogen-bond donors (Lipinski definition) is 1. The Morgan fingerprint density at radius 3 is 3.23 bits per heavy atom. The van der Waals surface area contributed by atoms with Gasteiger partial charge >= 0.3 is 0 Å². The molecule has 1 N–H and O–H groups in total. The highest BCUT2D eigenvalue weighted by molar-refractivity contribution is 5.63. The fraction of sp³-hybridized carbons (Fsp3) is 0.556. The predicted octanol–water partition coefficient (Wildman–Crippen LogP) is 1.04. The van der Waals surface area contributed by atoms with Crippen LogP contribution in [0, 0.1) is 6.92 Å². The minimum absolute atomic E-state index is 0.915. The van der Waals surface area contributed by atoms with E-state index in [0.29, 0.717) is 0 Å². The number of likely N-dealkylation sites (N-methyl/N-ethyl adjacent to an activating group) is 1. The van der Waals surface area contributed by atoms with Gasteiger partial charge in [0.25, 0.3) is 0 Å². The Bertz CT molecular complexity index is 310. The predicted molar refractivity (Wildman–Crippen MR) is 53.1 cm³/mol. The summed E-state index contributed by atoms with van der Waals surface area (Å²) in [6, 6.07) is 0. The monoisotopic (exact) mass is 178 g/mol. The zero-order valence-electron chi connectivity index (χ0n) is 8.04.